The minimum absolute atomic E-state index is 0.159. The summed E-state index contributed by atoms with van der Waals surface area (Å²) in [7, 11) is 0. The van der Waals surface area contributed by atoms with Gasteiger partial charge in [-0.05, 0) is 25.7 Å². The molecule has 0 radical (unpaired) electrons. The standard InChI is InChI=1S/C11H16N6O/c12-10-15-9-5-6-13-11(17(9)16-10)14-7-1-3-8(18)4-2-7/h5-8,18H,1-4H2,(H2,12,16)(H,13,14). The molecule has 0 amide bonds. The number of nitrogen functional groups attached to an aromatic ring is 1. The number of aromatic nitrogens is 4. The first-order chi connectivity index (χ1) is 8.72. The van der Waals surface area contributed by atoms with E-state index < -0.39 is 0 Å². The Hall–Kier alpha value is -1.89. The zero-order valence-electron chi connectivity index (χ0n) is 9.95. The Bertz CT molecular complexity index is 545. The quantitative estimate of drug-likeness (QED) is 0.712. The number of fused-ring (bicyclic) bond motifs is 1. The Morgan fingerprint density at radius 1 is 1.33 bits per heavy atom. The Morgan fingerprint density at radius 2 is 2.11 bits per heavy atom. The highest BCUT2D eigenvalue weighted by atomic mass is 16.3. The number of nitrogens with one attached hydrogen (secondary N) is 1. The van der Waals surface area contributed by atoms with Gasteiger partial charge < -0.3 is 16.2 Å². The molecule has 3 rings (SSSR count). The Labute approximate surface area is 104 Å². The molecule has 1 saturated carbocycles. The minimum atomic E-state index is -0.159. The van der Waals surface area contributed by atoms with E-state index in [0.29, 0.717) is 17.6 Å². The fourth-order valence-corrected chi connectivity index (χ4v) is 2.33. The molecule has 0 saturated heterocycles. The molecular weight excluding hydrogens is 232 g/mol. The predicted octanol–water partition coefficient (Wildman–Crippen LogP) is 0.422. The van der Waals surface area contributed by atoms with E-state index in [-0.39, 0.29) is 12.1 Å². The molecule has 1 aliphatic rings. The van der Waals surface area contributed by atoms with Gasteiger partial charge in [-0.2, -0.15) is 9.50 Å². The smallest absolute Gasteiger partial charge is 0.240 e. The lowest BCUT2D eigenvalue weighted by Crippen LogP contribution is -2.29. The largest absolute Gasteiger partial charge is 0.393 e. The van der Waals surface area contributed by atoms with Crippen LogP contribution in [-0.2, 0) is 0 Å². The zero-order chi connectivity index (χ0) is 12.5. The number of hydrogen-bond acceptors (Lipinski definition) is 6. The number of hydrogen-bond donors (Lipinski definition) is 3. The summed E-state index contributed by atoms with van der Waals surface area (Å²) >= 11 is 0. The van der Waals surface area contributed by atoms with Crippen molar-refractivity contribution >= 4 is 17.5 Å². The van der Waals surface area contributed by atoms with Gasteiger partial charge in [-0.3, -0.25) is 0 Å². The fraction of sp³-hybridized carbons (Fsp3) is 0.545. The molecule has 2 aromatic heterocycles. The van der Waals surface area contributed by atoms with E-state index in [2.05, 4.69) is 20.4 Å². The summed E-state index contributed by atoms with van der Waals surface area (Å²) in [4.78, 5) is 8.35. The summed E-state index contributed by atoms with van der Waals surface area (Å²) in [6.45, 7) is 0. The highest BCUT2D eigenvalue weighted by Gasteiger charge is 2.20. The van der Waals surface area contributed by atoms with Gasteiger partial charge in [0.2, 0.25) is 11.9 Å². The monoisotopic (exact) mass is 248 g/mol. The van der Waals surface area contributed by atoms with Crippen molar-refractivity contribution in [2.24, 2.45) is 0 Å². The van der Waals surface area contributed by atoms with Crippen LogP contribution in [0.1, 0.15) is 25.7 Å². The van der Waals surface area contributed by atoms with Crippen LogP contribution in [0.4, 0.5) is 11.9 Å². The summed E-state index contributed by atoms with van der Waals surface area (Å²) in [5.41, 5.74) is 6.26. The minimum Gasteiger partial charge on any atom is -0.393 e. The molecule has 1 fully saturated rings. The van der Waals surface area contributed by atoms with E-state index >= 15 is 0 Å². The maximum absolute atomic E-state index is 9.48. The SMILES string of the molecule is Nc1nc2ccnc(NC3CCC(O)CC3)n2n1. The van der Waals surface area contributed by atoms with Crippen LogP contribution in [0.25, 0.3) is 5.65 Å². The molecule has 0 unspecified atom stereocenters. The average molecular weight is 248 g/mol. The van der Waals surface area contributed by atoms with E-state index in [4.69, 9.17) is 5.73 Å². The topological polar surface area (TPSA) is 101 Å². The molecule has 4 N–H and O–H groups in total. The summed E-state index contributed by atoms with van der Waals surface area (Å²) in [5, 5.41) is 16.9. The normalized spacial score (nSPS) is 24.3. The first-order valence-corrected chi connectivity index (χ1v) is 6.14. The molecule has 2 aromatic rings. The molecular formula is C11H16N6O. The average Bonchev–Trinajstić information content (AvgIpc) is 2.73. The van der Waals surface area contributed by atoms with Gasteiger partial charge >= 0.3 is 0 Å². The number of aliphatic hydroxyl groups excluding tert-OH is 1. The van der Waals surface area contributed by atoms with Gasteiger partial charge in [-0.15, -0.1) is 5.10 Å². The first kappa shape index (κ1) is 11.2. The molecule has 0 atom stereocenters. The van der Waals surface area contributed by atoms with Gasteiger partial charge in [-0.1, -0.05) is 0 Å². The van der Waals surface area contributed by atoms with Crippen LogP contribution in [0.2, 0.25) is 0 Å². The van der Waals surface area contributed by atoms with Crippen LogP contribution in [0.3, 0.4) is 0 Å². The van der Waals surface area contributed by atoms with Crippen LogP contribution >= 0.6 is 0 Å². The molecule has 1 aliphatic carbocycles. The second kappa shape index (κ2) is 4.41. The zero-order valence-corrected chi connectivity index (χ0v) is 9.95. The molecule has 7 nitrogen and oxygen atoms in total. The van der Waals surface area contributed by atoms with Crippen molar-refractivity contribution in [1.29, 1.82) is 0 Å². The van der Waals surface area contributed by atoms with E-state index in [1.54, 1.807) is 16.8 Å². The van der Waals surface area contributed by atoms with Crippen LogP contribution < -0.4 is 11.1 Å². The van der Waals surface area contributed by atoms with Crippen molar-refractivity contribution in [3.63, 3.8) is 0 Å². The molecule has 0 spiro atoms. The van der Waals surface area contributed by atoms with Crippen LogP contribution in [0, 0.1) is 0 Å². The van der Waals surface area contributed by atoms with E-state index in [1.165, 1.54) is 0 Å². The number of nitrogens with zero attached hydrogens (tertiary/aromatic N) is 4. The van der Waals surface area contributed by atoms with Crippen molar-refractivity contribution < 1.29 is 5.11 Å². The first-order valence-electron chi connectivity index (χ1n) is 6.14. The van der Waals surface area contributed by atoms with Crippen molar-refractivity contribution in [1.82, 2.24) is 19.6 Å². The molecule has 0 aromatic carbocycles. The van der Waals surface area contributed by atoms with E-state index in [9.17, 15) is 5.11 Å². The maximum atomic E-state index is 9.48. The van der Waals surface area contributed by atoms with Crippen molar-refractivity contribution in [3.05, 3.63) is 12.3 Å². The number of aliphatic hydroxyl groups is 1. The predicted molar refractivity (Wildman–Crippen MR) is 67.1 cm³/mol. The Morgan fingerprint density at radius 3 is 2.89 bits per heavy atom. The lowest BCUT2D eigenvalue weighted by molar-refractivity contribution is 0.126. The Balaban J connectivity index is 1.82. The number of rotatable bonds is 2. The molecule has 7 heteroatoms. The molecule has 96 valence electrons. The van der Waals surface area contributed by atoms with Crippen molar-refractivity contribution in [2.75, 3.05) is 11.1 Å². The molecule has 2 heterocycles. The van der Waals surface area contributed by atoms with Gasteiger partial charge in [0.1, 0.15) is 0 Å². The van der Waals surface area contributed by atoms with Crippen molar-refractivity contribution in [2.45, 2.75) is 37.8 Å². The van der Waals surface area contributed by atoms with Crippen LogP contribution in [-0.4, -0.2) is 36.8 Å². The van der Waals surface area contributed by atoms with Crippen LogP contribution in [0.15, 0.2) is 12.3 Å². The van der Waals surface area contributed by atoms with E-state index in [1.807, 2.05) is 0 Å². The third-order valence-electron chi connectivity index (χ3n) is 3.30. The highest BCUT2D eigenvalue weighted by molar-refractivity contribution is 5.46. The lowest BCUT2D eigenvalue weighted by Gasteiger charge is -2.26. The van der Waals surface area contributed by atoms with Gasteiger partial charge in [0.25, 0.3) is 0 Å². The van der Waals surface area contributed by atoms with Gasteiger partial charge in [0, 0.05) is 18.3 Å². The summed E-state index contributed by atoms with van der Waals surface area (Å²) in [5.74, 6) is 0.892. The van der Waals surface area contributed by atoms with Gasteiger partial charge in [-0.25, -0.2) is 4.98 Å². The second-order valence-corrected chi connectivity index (χ2v) is 4.66. The Kier molecular flexibility index (Phi) is 2.75. The third kappa shape index (κ3) is 2.08. The molecule has 0 aliphatic heterocycles. The van der Waals surface area contributed by atoms with Crippen molar-refractivity contribution in [3.8, 4) is 0 Å². The number of anilines is 2. The highest BCUT2D eigenvalue weighted by Crippen LogP contribution is 2.21. The lowest BCUT2D eigenvalue weighted by atomic mass is 9.93. The molecule has 18 heavy (non-hydrogen) atoms. The van der Waals surface area contributed by atoms with Gasteiger partial charge in [0.05, 0.1) is 6.10 Å². The van der Waals surface area contributed by atoms with Gasteiger partial charge in [0.15, 0.2) is 5.65 Å². The summed E-state index contributed by atoms with van der Waals surface area (Å²) in [6.07, 6.45) is 5.05. The van der Waals surface area contributed by atoms with Crippen LogP contribution in [0.5, 0.6) is 0 Å². The van der Waals surface area contributed by atoms with E-state index in [0.717, 1.165) is 25.7 Å². The molecule has 0 bridgehead atoms. The third-order valence-corrected chi connectivity index (χ3v) is 3.30. The summed E-state index contributed by atoms with van der Waals surface area (Å²) < 4.78 is 1.61. The maximum Gasteiger partial charge on any atom is 0.240 e. The summed E-state index contributed by atoms with van der Waals surface area (Å²) in [6, 6.07) is 2.08. The number of nitrogens with two attached hydrogens (primary N) is 1. The second-order valence-electron chi connectivity index (χ2n) is 4.66. The fourth-order valence-electron chi connectivity index (χ4n) is 2.33.